The summed E-state index contributed by atoms with van der Waals surface area (Å²) in [7, 11) is 0. The fraction of sp³-hybridized carbons (Fsp3) is 0.312. The number of phenols is 1. The van der Waals surface area contributed by atoms with E-state index in [9.17, 15) is 14.7 Å². The number of imide groups is 1. The Morgan fingerprint density at radius 1 is 1.18 bits per heavy atom. The number of amides is 2. The fourth-order valence-electron chi connectivity index (χ4n) is 3.75. The fourth-order valence-corrected chi connectivity index (χ4v) is 4.13. The molecule has 5 nitrogen and oxygen atoms in total. The molecule has 1 heterocycles. The normalized spacial score (nSPS) is 32.5. The second-order valence-electron chi connectivity index (χ2n) is 5.94. The van der Waals surface area contributed by atoms with Crippen molar-refractivity contribution < 1.29 is 14.7 Å². The lowest BCUT2D eigenvalue weighted by Crippen LogP contribution is -2.28. The number of nitrogens with zero attached hydrogens (tertiary/aromatic N) is 2. The number of aromatic hydroxyl groups is 1. The van der Waals surface area contributed by atoms with Gasteiger partial charge in [0.05, 0.1) is 18.1 Å². The number of rotatable bonds is 2. The third-order valence-electron chi connectivity index (χ3n) is 4.75. The quantitative estimate of drug-likeness (QED) is 0.499. The largest absolute Gasteiger partial charge is 0.507 e. The van der Waals surface area contributed by atoms with Gasteiger partial charge in [-0.25, -0.2) is 0 Å². The number of carbonyl (C=O) groups excluding carboxylic acids is 2. The van der Waals surface area contributed by atoms with E-state index in [-0.39, 0.29) is 41.2 Å². The Balaban J connectivity index is 1.62. The molecule has 4 rings (SSSR count). The maximum atomic E-state index is 12.4. The lowest BCUT2D eigenvalue weighted by molar-refractivity contribution is -0.140. The number of carbonyl (C=O) groups is 2. The Labute approximate surface area is 135 Å². The average Bonchev–Trinajstić information content (AvgIpc) is 3.16. The highest BCUT2D eigenvalue weighted by molar-refractivity contribution is 9.10. The monoisotopic (exact) mass is 360 g/mol. The van der Waals surface area contributed by atoms with E-state index in [0.29, 0.717) is 5.56 Å². The molecule has 112 valence electrons. The van der Waals surface area contributed by atoms with Crippen molar-refractivity contribution in [3.63, 3.8) is 0 Å². The van der Waals surface area contributed by atoms with Crippen LogP contribution in [0.1, 0.15) is 12.0 Å². The van der Waals surface area contributed by atoms with Crippen molar-refractivity contribution in [1.29, 1.82) is 0 Å². The molecule has 1 aliphatic heterocycles. The number of phenolic OH excluding ortho intramolecular Hbond substituents is 1. The van der Waals surface area contributed by atoms with Crippen LogP contribution in [0.15, 0.2) is 39.9 Å². The van der Waals surface area contributed by atoms with Gasteiger partial charge in [-0.15, -0.1) is 0 Å². The molecule has 0 spiro atoms. The van der Waals surface area contributed by atoms with Crippen LogP contribution in [0, 0.1) is 23.7 Å². The van der Waals surface area contributed by atoms with Gasteiger partial charge in [0, 0.05) is 10.0 Å². The summed E-state index contributed by atoms with van der Waals surface area (Å²) in [4.78, 5) is 24.9. The van der Waals surface area contributed by atoms with Gasteiger partial charge < -0.3 is 5.11 Å². The van der Waals surface area contributed by atoms with E-state index in [1.165, 1.54) is 12.3 Å². The Bertz CT molecular complexity index is 713. The van der Waals surface area contributed by atoms with E-state index in [1.807, 2.05) is 12.2 Å². The summed E-state index contributed by atoms with van der Waals surface area (Å²) < 4.78 is 0.782. The SMILES string of the molecule is O=C1[C@@H]2[C@H](C(=O)N1/N=C\c1cc(Br)ccc1O)[C@H]1C=C[C@H]2C1. The summed E-state index contributed by atoms with van der Waals surface area (Å²) in [6.07, 6.45) is 6.35. The van der Waals surface area contributed by atoms with E-state index < -0.39 is 0 Å². The topological polar surface area (TPSA) is 70.0 Å². The minimum Gasteiger partial charge on any atom is -0.507 e. The van der Waals surface area contributed by atoms with Gasteiger partial charge >= 0.3 is 0 Å². The maximum absolute atomic E-state index is 12.4. The van der Waals surface area contributed by atoms with Crippen molar-refractivity contribution in [3.8, 4) is 5.75 Å². The van der Waals surface area contributed by atoms with Crippen molar-refractivity contribution in [2.75, 3.05) is 0 Å². The number of halogens is 1. The van der Waals surface area contributed by atoms with E-state index in [4.69, 9.17) is 0 Å². The van der Waals surface area contributed by atoms with Crippen LogP contribution in [0.5, 0.6) is 5.75 Å². The van der Waals surface area contributed by atoms with E-state index in [0.717, 1.165) is 15.9 Å². The van der Waals surface area contributed by atoms with Crippen LogP contribution in [0.2, 0.25) is 0 Å². The van der Waals surface area contributed by atoms with Crippen molar-refractivity contribution in [2.24, 2.45) is 28.8 Å². The van der Waals surface area contributed by atoms with Gasteiger partial charge in [0.1, 0.15) is 5.75 Å². The summed E-state index contributed by atoms with van der Waals surface area (Å²) in [5.74, 6) is -0.563. The molecule has 22 heavy (non-hydrogen) atoms. The zero-order chi connectivity index (χ0) is 15.4. The highest BCUT2D eigenvalue weighted by Gasteiger charge is 2.59. The van der Waals surface area contributed by atoms with Crippen LogP contribution in [0.4, 0.5) is 0 Å². The smallest absolute Gasteiger partial charge is 0.254 e. The van der Waals surface area contributed by atoms with Crippen molar-refractivity contribution in [2.45, 2.75) is 6.42 Å². The van der Waals surface area contributed by atoms with E-state index >= 15 is 0 Å². The summed E-state index contributed by atoms with van der Waals surface area (Å²) in [5.41, 5.74) is 0.452. The van der Waals surface area contributed by atoms with Gasteiger partial charge in [-0.3, -0.25) is 9.59 Å². The predicted octanol–water partition coefficient (Wildman–Crippen LogP) is 2.30. The van der Waals surface area contributed by atoms with E-state index in [1.54, 1.807) is 12.1 Å². The molecule has 1 aromatic carbocycles. The van der Waals surface area contributed by atoms with Gasteiger partial charge in [-0.1, -0.05) is 28.1 Å². The lowest BCUT2D eigenvalue weighted by Gasteiger charge is -2.13. The summed E-state index contributed by atoms with van der Waals surface area (Å²) in [6, 6.07) is 4.90. The van der Waals surface area contributed by atoms with Gasteiger partial charge in [0.25, 0.3) is 11.8 Å². The molecular weight excluding hydrogens is 348 g/mol. The molecule has 3 aliphatic rings. The third kappa shape index (κ3) is 1.86. The van der Waals surface area contributed by atoms with E-state index in [2.05, 4.69) is 21.0 Å². The second kappa shape index (κ2) is 4.78. The molecular formula is C16H13BrN2O3. The van der Waals surface area contributed by atoms with Crippen LogP contribution in [-0.2, 0) is 9.59 Å². The number of fused-ring (bicyclic) bond motifs is 5. The molecule has 1 N–H and O–H groups in total. The van der Waals surface area contributed by atoms with Gasteiger partial charge in [-0.2, -0.15) is 10.1 Å². The Morgan fingerprint density at radius 2 is 1.82 bits per heavy atom. The summed E-state index contributed by atoms with van der Waals surface area (Å²) >= 11 is 3.31. The molecule has 1 aromatic rings. The molecule has 4 atom stereocenters. The van der Waals surface area contributed by atoms with Crippen LogP contribution in [0.3, 0.4) is 0 Å². The highest BCUT2D eigenvalue weighted by Crippen LogP contribution is 2.52. The van der Waals surface area contributed by atoms with Gasteiger partial charge in [-0.05, 0) is 36.5 Å². The van der Waals surface area contributed by atoms with Crippen molar-refractivity contribution >= 4 is 34.0 Å². The Kier molecular flexibility index (Phi) is 2.97. The standard InChI is InChI=1S/C16H13BrN2O3/c17-11-3-4-12(20)10(6-11)7-18-19-15(21)13-8-1-2-9(5-8)14(13)16(19)22/h1-4,6-9,13-14,20H,5H2/b18-7-/t8-,9-,13-,14+/m0/s1. The van der Waals surface area contributed by atoms with Crippen LogP contribution >= 0.6 is 15.9 Å². The summed E-state index contributed by atoms with van der Waals surface area (Å²) in [5, 5.41) is 14.8. The van der Waals surface area contributed by atoms with Crippen LogP contribution < -0.4 is 0 Å². The molecule has 1 saturated carbocycles. The minimum atomic E-state index is -0.254. The third-order valence-corrected chi connectivity index (χ3v) is 5.24. The molecule has 2 fully saturated rings. The molecule has 0 radical (unpaired) electrons. The summed E-state index contributed by atoms with van der Waals surface area (Å²) in [6.45, 7) is 0. The Morgan fingerprint density at radius 3 is 2.45 bits per heavy atom. The first-order valence-electron chi connectivity index (χ1n) is 7.15. The molecule has 2 amide bonds. The number of benzene rings is 1. The van der Waals surface area contributed by atoms with Gasteiger partial charge in [0.15, 0.2) is 0 Å². The van der Waals surface area contributed by atoms with Crippen molar-refractivity contribution in [3.05, 3.63) is 40.4 Å². The zero-order valence-corrected chi connectivity index (χ0v) is 13.1. The lowest BCUT2D eigenvalue weighted by atomic mass is 9.85. The predicted molar refractivity (Wildman–Crippen MR) is 83.0 cm³/mol. The average molecular weight is 361 g/mol. The molecule has 2 bridgehead atoms. The molecule has 1 saturated heterocycles. The second-order valence-corrected chi connectivity index (χ2v) is 6.85. The highest BCUT2D eigenvalue weighted by atomic mass is 79.9. The first kappa shape index (κ1) is 13.7. The van der Waals surface area contributed by atoms with Crippen LogP contribution in [-0.4, -0.2) is 28.1 Å². The van der Waals surface area contributed by atoms with Gasteiger partial charge in [0.2, 0.25) is 0 Å². The first-order chi connectivity index (χ1) is 10.6. The number of hydrogen-bond donors (Lipinski definition) is 1. The molecule has 0 unspecified atom stereocenters. The van der Waals surface area contributed by atoms with Crippen molar-refractivity contribution in [1.82, 2.24) is 5.01 Å². The number of allylic oxidation sites excluding steroid dienone is 2. The molecule has 0 aromatic heterocycles. The molecule has 6 heteroatoms. The minimum absolute atomic E-state index is 0.0491. The van der Waals surface area contributed by atoms with Crippen LogP contribution in [0.25, 0.3) is 0 Å². The molecule has 2 aliphatic carbocycles. The first-order valence-corrected chi connectivity index (χ1v) is 7.94. The zero-order valence-electron chi connectivity index (χ0n) is 11.5. The maximum Gasteiger partial charge on any atom is 0.254 e. The Hall–Kier alpha value is -1.95. The number of hydrazone groups is 1. The number of hydrogen-bond acceptors (Lipinski definition) is 4.